The van der Waals surface area contributed by atoms with Crippen LogP contribution in [0.3, 0.4) is 0 Å². The van der Waals surface area contributed by atoms with E-state index in [2.05, 4.69) is 0 Å². The minimum Gasteiger partial charge on any atom is -0.342 e. The average molecular weight is 351 g/mol. The lowest BCUT2D eigenvalue weighted by Gasteiger charge is -2.33. The molecule has 0 bridgehead atoms. The highest BCUT2D eigenvalue weighted by molar-refractivity contribution is 5.85. The first-order valence-electron chi connectivity index (χ1n) is 7.47. The molecule has 0 saturated carbocycles. The molecule has 1 unspecified atom stereocenters. The summed E-state index contributed by atoms with van der Waals surface area (Å²) in [7, 11) is 0. The maximum absolute atomic E-state index is 12.7. The molecule has 2 rings (SSSR count). The Hall–Kier alpha value is -1.27. The maximum atomic E-state index is 12.7. The molecule has 7 heteroatoms. The molecule has 0 aliphatic carbocycles. The van der Waals surface area contributed by atoms with E-state index in [0.717, 1.165) is 25.0 Å². The van der Waals surface area contributed by atoms with Crippen molar-refractivity contribution >= 4 is 18.3 Å². The Morgan fingerprint density at radius 2 is 1.96 bits per heavy atom. The van der Waals surface area contributed by atoms with Crippen LogP contribution in [0.5, 0.6) is 0 Å². The highest BCUT2D eigenvalue weighted by Crippen LogP contribution is 2.29. The summed E-state index contributed by atoms with van der Waals surface area (Å²) in [5, 5.41) is 0. The number of hydrogen-bond donors (Lipinski definition) is 1. The number of nitrogens with two attached hydrogens (primary N) is 1. The van der Waals surface area contributed by atoms with Crippen LogP contribution in [0.25, 0.3) is 0 Å². The van der Waals surface area contributed by atoms with E-state index in [4.69, 9.17) is 5.73 Å². The van der Waals surface area contributed by atoms with E-state index in [1.807, 2.05) is 6.92 Å². The zero-order valence-electron chi connectivity index (χ0n) is 13.0. The normalized spacial score (nSPS) is 17.5. The van der Waals surface area contributed by atoms with E-state index in [0.29, 0.717) is 24.6 Å². The van der Waals surface area contributed by atoms with Gasteiger partial charge < -0.3 is 10.6 Å². The molecule has 1 aromatic rings. The first kappa shape index (κ1) is 19.8. The third-order valence-electron chi connectivity index (χ3n) is 4.25. The maximum Gasteiger partial charge on any atom is 0.416 e. The zero-order chi connectivity index (χ0) is 16.3. The minimum absolute atomic E-state index is 0. The Kier molecular flexibility index (Phi) is 6.89. The first-order chi connectivity index (χ1) is 10.3. The van der Waals surface area contributed by atoms with Crippen molar-refractivity contribution in [3.63, 3.8) is 0 Å². The van der Waals surface area contributed by atoms with Crippen LogP contribution in [-0.2, 0) is 17.4 Å². The van der Waals surface area contributed by atoms with Gasteiger partial charge in [0.15, 0.2) is 0 Å². The number of rotatable bonds is 3. The second kappa shape index (κ2) is 8.02. The van der Waals surface area contributed by atoms with E-state index in [1.54, 1.807) is 11.0 Å². The number of amides is 1. The molecular weight excluding hydrogens is 329 g/mol. The molecule has 0 radical (unpaired) electrons. The molecule has 0 spiro atoms. The van der Waals surface area contributed by atoms with Crippen LogP contribution in [0, 0.1) is 5.92 Å². The highest BCUT2D eigenvalue weighted by Gasteiger charge is 2.31. The SMILES string of the molecule is CC(N)C1CCN(C(=O)Cc2cccc(C(F)(F)F)c2)CC1.Cl. The predicted molar refractivity (Wildman–Crippen MR) is 85.3 cm³/mol. The predicted octanol–water partition coefficient (Wildman–Crippen LogP) is 3.26. The second-order valence-electron chi connectivity index (χ2n) is 5.95. The summed E-state index contributed by atoms with van der Waals surface area (Å²) in [5.41, 5.74) is 5.54. The van der Waals surface area contributed by atoms with Crippen molar-refractivity contribution in [3.8, 4) is 0 Å². The van der Waals surface area contributed by atoms with E-state index in [-0.39, 0.29) is 30.8 Å². The van der Waals surface area contributed by atoms with Crippen molar-refractivity contribution in [1.82, 2.24) is 4.90 Å². The van der Waals surface area contributed by atoms with Gasteiger partial charge in [0.25, 0.3) is 0 Å². The van der Waals surface area contributed by atoms with Crippen molar-refractivity contribution < 1.29 is 18.0 Å². The first-order valence-corrected chi connectivity index (χ1v) is 7.47. The third kappa shape index (κ3) is 5.39. The number of hydrogen-bond acceptors (Lipinski definition) is 2. The molecule has 3 nitrogen and oxygen atoms in total. The van der Waals surface area contributed by atoms with E-state index < -0.39 is 11.7 Å². The smallest absolute Gasteiger partial charge is 0.342 e. The quantitative estimate of drug-likeness (QED) is 0.909. The van der Waals surface area contributed by atoms with Crippen LogP contribution in [0.2, 0.25) is 0 Å². The minimum atomic E-state index is -4.38. The summed E-state index contributed by atoms with van der Waals surface area (Å²) in [6.07, 6.45) is -2.67. The molecule has 1 saturated heterocycles. The fourth-order valence-corrected chi connectivity index (χ4v) is 2.82. The average Bonchev–Trinajstić information content (AvgIpc) is 2.46. The number of carbonyl (C=O) groups excluding carboxylic acids is 1. The van der Waals surface area contributed by atoms with Crippen LogP contribution < -0.4 is 5.73 Å². The number of nitrogens with zero attached hydrogens (tertiary/aromatic N) is 1. The Bertz CT molecular complexity index is 526. The van der Waals surface area contributed by atoms with Gasteiger partial charge in [0.1, 0.15) is 0 Å². The van der Waals surface area contributed by atoms with Gasteiger partial charge in [0.05, 0.1) is 12.0 Å². The molecule has 0 aromatic heterocycles. The molecule has 1 amide bonds. The van der Waals surface area contributed by atoms with Crippen LogP contribution in [0.15, 0.2) is 24.3 Å². The summed E-state index contributed by atoms with van der Waals surface area (Å²) in [6.45, 7) is 3.22. The Morgan fingerprint density at radius 1 is 1.35 bits per heavy atom. The molecular formula is C16H22ClF3N2O. The lowest BCUT2D eigenvalue weighted by atomic mass is 9.90. The number of halogens is 4. The van der Waals surface area contributed by atoms with Crippen LogP contribution in [0.4, 0.5) is 13.2 Å². The number of carbonyl (C=O) groups is 1. The van der Waals surface area contributed by atoms with Crippen molar-refractivity contribution in [3.05, 3.63) is 35.4 Å². The number of benzene rings is 1. The van der Waals surface area contributed by atoms with Gasteiger partial charge in [-0.3, -0.25) is 4.79 Å². The van der Waals surface area contributed by atoms with E-state index in [9.17, 15) is 18.0 Å². The summed E-state index contributed by atoms with van der Waals surface area (Å²) in [5.74, 6) is 0.292. The molecule has 1 aromatic carbocycles. The standard InChI is InChI=1S/C16H21F3N2O.ClH/c1-11(20)13-5-7-21(8-6-13)15(22)10-12-3-2-4-14(9-12)16(17,18)19;/h2-4,9,11,13H,5-8,10,20H2,1H3;1H. The highest BCUT2D eigenvalue weighted by atomic mass is 35.5. The fourth-order valence-electron chi connectivity index (χ4n) is 2.82. The van der Waals surface area contributed by atoms with Crippen LogP contribution >= 0.6 is 12.4 Å². The third-order valence-corrected chi connectivity index (χ3v) is 4.25. The lowest BCUT2D eigenvalue weighted by molar-refractivity contribution is -0.138. The monoisotopic (exact) mass is 350 g/mol. The molecule has 1 aliphatic heterocycles. The topological polar surface area (TPSA) is 46.3 Å². The van der Waals surface area contributed by atoms with Crippen molar-refractivity contribution in [2.75, 3.05) is 13.1 Å². The van der Waals surface area contributed by atoms with Crippen LogP contribution in [-0.4, -0.2) is 29.9 Å². The zero-order valence-corrected chi connectivity index (χ0v) is 13.8. The number of alkyl halides is 3. The van der Waals surface area contributed by atoms with Crippen LogP contribution in [0.1, 0.15) is 30.9 Å². The van der Waals surface area contributed by atoms with Gasteiger partial charge >= 0.3 is 6.18 Å². The summed E-state index contributed by atoms with van der Waals surface area (Å²) in [6, 6.07) is 5.07. The van der Waals surface area contributed by atoms with Crippen molar-refractivity contribution in [2.24, 2.45) is 11.7 Å². The number of piperidine rings is 1. The van der Waals surface area contributed by atoms with Gasteiger partial charge in [-0.05, 0) is 37.3 Å². The molecule has 23 heavy (non-hydrogen) atoms. The van der Waals surface area contributed by atoms with Gasteiger partial charge in [-0.15, -0.1) is 12.4 Å². The molecule has 2 N–H and O–H groups in total. The van der Waals surface area contributed by atoms with Gasteiger partial charge in [-0.25, -0.2) is 0 Å². The fraction of sp³-hybridized carbons (Fsp3) is 0.562. The van der Waals surface area contributed by atoms with Gasteiger partial charge in [-0.2, -0.15) is 13.2 Å². The molecule has 1 atom stereocenters. The second-order valence-corrected chi connectivity index (χ2v) is 5.95. The Labute approximate surface area is 140 Å². The van der Waals surface area contributed by atoms with Crippen molar-refractivity contribution in [1.29, 1.82) is 0 Å². The summed E-state index contributed by atoms with van der Waals surface area (Å²) >= 11 is 0. The lowest BCUT2D eigenvalue weighted by Crippen LogP contribution is -2.43. The van der Waals surface area contributed by atoms with Gasteiger partial charge in [-0.1, -0.05) is 18.2 Å². The Balaban J connectivity index is 0.00000264. The molecule has 130 valence electrons. The summed E-state index contributed by atoms with van der Waals surface area (Å²) in [4.78, 5) is 13.9. The van der Waals surface area contributed by atoms with Gasteiger partial charge in [0, 0.05) is 19.1 Å². The van der Waals surface area contributed by atoms with E-state index in [1.165, 1.54) is 6.07 Å². The Morgan fingerprint density at radius 3 is 2.48 bits per heavy atom. The van der Waals surface area contributed by atoms with E-state index >= 15 is 0 Å². The molecule has 1 aliphatic rings. The van der Waals surface area contributed by atoms with Crippen molar-refractivity contribution in [2.45, 2.75) is 38.4 Å². The molecule has 1 fully saturated rings. The largest absolute Gasteiger partial charge is 0.416 e. The van der Waals surface area contributed by atoms with Gasteiger partial charge in [0.2, 0.25) is 5.91 Å². The number of likely N-dealkylation sites (tertiary alicyclic amines) is 1. The molecule has 1 heterocycles. The summed E-state index contributed by atoms with van der Waals surface area (Å²) < 4.78 is 38.0.